The van der Waals surface area contributed by atoms with Crippen molar-refractivity contribution >= 4 is 15.9 Å². The largest absolute Gasteiger partial charge is 0.0619 e. The zero-order valence-electron chi connectivity index (χ0n) is 13.3. The highest BCUT2D eigenvalue weighted by molar-refractivity contribution is 9.10. The number of benzene rings is 2. The van der Waals surface area contributed by atoms with Gasteiger partial charge < -0.3 is 0 Å². The maximum Gasteiger partial charge on any atom is 0.0271 e. The second kappa shape index (κ2) is 4.30. The van der Waals surface area contributed by atoms with Crippen LogP contribution in [-0.4, -0.2) is 0 Å². The molecule has 0 unspecified atom stereocenters. The first-order valence-corrected chi connectivity index (χ1v) is 9.96. The van der Waals surface area contributed by atoms with Gasteiger partial charge in [0.25, 0.3) is 0 Å². The van der Waals surface area contributed by atoms with E-state index < -0.39 is 0 Å². The molecule has 0 heterocycles. The van der Waals surface area contributed by atoms with Gasteiger partial charge in [0.05, 0.1) is 0 Å². The van der Waals surface area contributed by atoms with Crippen molar-refractivity contribution in [2.75, 3.05) is 0 Å². The third-order valence-electron chi connectivity index (χ3n) is 7.52. The molecule has 0 N–H and O–H groups in total. The van der Waals surface area contributed by atoms with E-state index in [-0.39, 0.29) is 0 Å². The Hall–Kier alpha value is -1.08. The van der Waals surface area contributed by atoms with Crippen LogP contribution in [0.15, 0.2) is 46.9 Å². The Morgan fingerprint density at radius 3 is 2.13 bits per heavy atom. The summed E-state index contributed by atoms with van der Waals surface area (Å²) in [6.45, 7) is 0. The van der Waals surface area contributed by atoms with Crippen LogP contribution in [0.1, 0.15) is 43.2 Å². The first kappa shape index (κ1) is 13.2. The van der Waals surface area contributed by atoms with Crippen LogP contribution in [0.4, 0.5) is 0 Å². The standard InChI is InChI=1S/C22H21Br/c23-17-5-6-21-19(12-17)18-3-1-2-4-20(18)22(21)15-8-13-7-14(10-15)11-16(22)9-13/h1-6,12-16H,7-11H2. The topological polar surface area (TPSA) is 0 Å². The molecule has 116 valence electrons. The lowest BCUT2D eigenvalue weighted by molar-refractivity contribution is -0.0399. The highest BCUT2D eigenvalue weighted by Crippen LogP contribution is 2.69. The molecule has 1 spiro atoms. The van der Waals surface area contributed by atoms with E-state index in [1.165, 1.54) is 47.7 Å². The van der Waals surface area contributed by atoms with Gasteiger partial charge in [-0.25, -0.2) is 0 Å². The van der Waals surface area contributed by atoms with Gasteiger partial charge in [-0.3, -0.25) is 0 Å². The van der Waals surface area contributed by atoms with E-state index in [0.717, 1.165) is 23.7 Å². The Bertz CT molecular complexity index is 790. The van der Waals surface area contributed by atoms with Crippen molar-refractivity contribution in [1.82, 2.24) is 0 Å². The second-order valence-electron chi connectivity index (χ2n) is 8.41. The fourth-order valence-electron chi connectivity index (χ4n) is 7.13. The maximum atomic E-state index is 3.71. The van der Waals surface area contributed by atoms with E-state index in [1.807, 2.05) is 0 Å². The van der Waals surface area contributed by atoms with E-state index in [0.29, 0.717) is 5.41 Å². The molecule has 0 saturated heterocycles. The third kappa shape index (κ3) is 1.49. The summed E-state index contributed by atoms with van der Waals surface area (Å²) in [7, 11) is 0. The predicted molar refractivity (Wildman–Crippen MR) is 97.4 cm³/mol. The van der Waals surface area contributed by atoms with Crippen LogP contribution in [0.25, 0.3) is 11.1 Å². The van der Waals surface area contributed by atoms with Crippen LogP contribution < -0.4 is 0 Å². The molecule has 5 aliphatic rings. The molecule has 23 heavy (non-hydrogen) atoms. The quantitative estimate of drug-likeness (QED) is 0.524. The van der Waals surface area contributed by atoms with Gasteiger partial charge in [0.1, 0.15) is 0 Å². The van der Waals surface area contributed by atoms with E-state index in [1.54, 1.807) is 11.1 Å². The van der Waals surface area contributed by atoms with E-state index in [2.05, 4.69) is 58.4 Å². The molecular formula is C22H21Br. The molecule has 4 saturated carbocycles. The number of hydrogen-bond donors (Lipinski definition) is 0. The maximum absolute atomic E-state index is 3.71. The van der Waals surface area contributed by atoms with Gasteiger partial charge in [0, 0.05) is 9.89 Å². The number of hydrogen-bond acceptors (Lipinski definition) is 0. The van der Waals surface area contributed by atoms with Gasteiger partial charge in [-0.1, -0.05) is 46.3 Å². The van der Waals surface area contributed by atoms with Crippen molar-refractivity contribution in [2.24, 2.45) is 23.7 Å². The Morgan fingerprint density at radius 2 is 1.39 bits per heavy atom. The third-order valence-corrected chi connectivity index (χ3v) is 8.01. The lowest BCUT2D eigenvalue weighted by atomic mass is 9.43. The summed E-state index contributed by atoms with van der Waals surface area (Å²) < 4.78 is 1.21. The lowest BCUT2D eigenvalue weighted by Crippen LogP contribution is -2.55. The average molecular weight is 365 g/mol. The SMILES string of the molecule is Brc1ccc2c(c1)-c1ccccc1C21C2CC3CC(C2)CC1C3. The Labute approximate surface area is 146 Å². The summed E-state index contributed by atoms with van der Waals surface area (Å²) in [5, 5.41) is 0. The second-order valence-corrected chi connectivity index (χ2v) is 9.32. The van der Waals surface area contributed by atoms with Crippen molar-refractivity contribution in [3.8, 4) is 11.1 Å². The highest BCUT2D eigenvalue weighted by Gasteiger charge is 2.61. The van der Waals surface area contributed by atoms with Gasteiger partial charge in [-0.2, -0.15) is 0 Å². The summed E-state index contributed by atoms with van der Waals surface area (Å²) in [5.41, 5.74) is 6.65. The Morgan fingerprint density at radius 1 is 0.739 bits per heavy atom. The first-order valence-electron chi connectivity index (χ1n) is 9.16. The lowest BCUT2D eigenvalue weighted by Gasteiger charge is -2.61. The molecule has 0 amide bonds. The molecule has 0 atom stereocenters. The van der Waals surface area contributed by atoms with Crippen LogP contribution in [0.3, 0.4) is 0 Å². The molecule has 1 heteroatoms. The number of rotatable bonds is 0. The highest BCUT2D eigenvalue weighted by atomic mass is 79.9. The molecule has 0 aliphatic heterocycles. The molecular weight excluding hydrogens is 344 g/mol. The fourth-order valence-corrected chi connectivity index (χ4v) is 7.49. The van der Waals surface area contributed by atoms with Crippen molar-refractivity contribution in [2.45, 2.75) is 37.5 Å². The van der Waals surface area contributed by atoms with Crippen LogP contribution in [0.5, 0.6) is 0 Å². The minimum Gasteiger partial charge on any atom is -0.0619 e. The van der Waals surface area contributed by atoms with Crippen molar-refractivity contribution in [3.63, 3.8) is 0 Å². The summed E-state index contributed by atoms with van der Waals surface area (Å²) >= 11 is 3.71. The van der Waals surface area contributed by atoms with Gasteiger partial charge in [-0.05, 0) is 90.2 Å². The van der Waals surface area contributed by atoms with Gasteiger partial charge in [0.2, 0.25) is 0 Å². The minimum atomic E-state index is 0.333. The van der Waals surface area contributed by atoms with Crippen molar-refractivity contribution in [1.29, 1.82) is 0 Å². The number of halogens is 1. The van der Waals surface area contributed by atoms with Gasteiger partial charge in [0.15, 0.2) is 0 Å². The molecule has 4 bridgehead atoms. The summed E-state index contributed by atoms with van der Waals surface area (Å²) in [6.07, 6.45) is 7.40. The van der Waals surface area contributed by atoms with Crippen LogP contribution >= 0.6 is 15.9 Å². The van der Waals surface area contributed by atoms with Crippen LogP contribution in [0.2, 0.25) is 0 Å². The predicted octanol–water partition coefficient (Wildman–Crippen LogP) is 6.17. The van der Waals surface area contributed by atoms with Gasteiger partial charge >= 0.3 is 0 Å². The molecule has 0 nitrogen and oxygen atoms in total. The zero-order valence-corrected chi connectivity index (χ0v) is 14.9. The van der Waals surface area contributed by atoms with Crippen molar-refractivity contribution in [3.05, 3.63) is 58.1 Å². The molecule has 4 fully saturated rings. The first-order chi connectivity index (χ1) is 11.3. The average Bonchev–Trinajstić information content (AvgIpc) is 2.83. The Kier molecular flexibility index (Phi) is 2.48. The molecule has 0 radical (unpaired) electrons. The Balaban J connectivity index is 1.68. The van der Waals surface area contributed by atoms with Crippen LogP contribution in [0, 0.1) is 23.7 Å². The summed E-state index contributed by atoms with van der Waals surface area (Å²) in [5.74, 6) is 3.80. The van der Waals surface area contributed by atoms with E-state index >= 15 is 0 Å². The summed E-state index contributed by atoms with van der Waals surface area (Å²) in [4.78, 5) is 0. The fraction of sp³-hybridized carbons (Fsp3) is 0.455. The van der Waals surface area contributed by atoms with E-state index in [9.17, 15) is 0 Å². The van der Waals surface area contributed by atoms with Gasteiger partial charge in [-0.15, -0.1) is 0 Å². The number of fused-ring (bicyclic) bond motifs is 3. The molecule has 7 rings (SSSR count). The van der Waals surface area contributed by atoms with Crippen LogP contribution in [-0.2, 0) is 5.41 Å². The minimum absolute atomic E-state index is 0.333. The summed E-state index contributed by atoms with van der Waals surface area (Å²) in [6, 6.07) is 16.4. The normalized spacial score (nSPS) is 38.8. The molecule has 2 aromatic carbocycles. The van der Waals surface area contributed by atoms with E-state index in [4.69, 9.17) is 0 Å². The zero-order chi connectivity index (χ0) is 15.2. The molecule has 0 aromatic heterocycles. The monoisotopic (exact) mass is 364 g/mol. The molecule has 2 aromatic rings. The molecule has 5 aliphatic carbocycles. The van der Waals surface area contributed by atoms with Crippen molar-refractivity contribution < 1.29 is 0 Å². The smallest absolute Gasteiger partial charge is 0.0271 e.